The molecule has 2 heterocycles. The van der Waals surface area contributed by atoms with E-state index in [0.717, 1.165) is 44.5 Å². The minimum absolute atomic E-state index is 0.102. The molecule has 0 aliphatic carbocycles. The number of benzene rings is 1. The Kier molecular flexibility index (Phi) is 7.28. The van der Waals surface area contributed by atoms with Crippen LogP contribution in [0.5, 0.6) is 0 Å². The number of amides is 3. The molecule has 3 rings (SSSR count). The van der Waals surface area contributed by atoms with Crippen LogP contribution in [0.25, 0.3) is 0 Å². The fraction of sp³-hybridized carbons (Fsp3) is 0.571. The van der Waals surface area contributed by atoms with Crippen LogP contribution in [0.1, 0.15) is 38.5 Å². The predicted octanol–water partition coefficient (Wildman–Crippen LogP) is 2.88. The lowest BCUT2D eigenvalue weighted by atomic mass is 9.97. The summed E-state index contributed by atoms with van der Waals surface area (Å²) in [4.78, 5) is 40.4. The molecule has 1 aromatic rings. The maximum atomic E-state index is 12.3. The molecule has 152 valence electrons. The summed E-state index contributed by atoms with van der Waals surface area (Å²) >= 11 is 0. The standard InChI is InChI=1S/C21H29N3O4/c25-19(23-12-6-1-2-7-13-23)16-28-20(26)17-10-14-24(15-11-17)21(27)22-18-8-4-3-5-9-18/h3-5,8-9,17H,1-2,6-7,10-16H2,(H,22,27). The molecule has 0 spiro atoms. The molecule has 2 saturated heterocycles. The molecule has 0 bridgehead atoms. The summed E-state index contributed by atoms with van der Waals surface area (Å²) in [6.07, 6.45) is 5.45. The Labute approximate surface area is 166 Å². The Balaban J connectivity index is 1.38. The molecule has 2 aliphatic heterocycles. The summed E-state index contributed by atoms with van der Waals surface area (Å²) < 4.78 is 5.28. The third-order valence-electron chi connectivity index (χ3n) is 5.44. The van der Waals surface area contributed by atoms with Crippen molar-refractivity contribution >= 4 is 23.6 Å². The average molecular weight is 387 g/mol. The maximum absolute atomic E-state index is 12.3. The first-order chi connectivity index (χ1) is 13.6. The highest BCUT2D eigenvalue weighted by atomic mass is 16.5. The van der Waals surface area contributed by atoms with E-state index in [-0.39, 0.29) is 30.4 Å². The molecule has 2 fully saturated rings. The van der Waals surface area contributed by atoms with Crippen LogP contribution < -0.4 is 5.32 Å². The Morgan fingerprint density at radius 3 is 2.18 bits per heavy atom. The second-order valence-corrected chi connectivity index (χ2v) is 7.46. The molecule has 7 nitrogen and oxygen atoms in total. The van der Waals surface area contributed by atoms with Crippen LogP contribution in [0.15, 0.2) is 30.3 Å². The van der Waals surface area contributed by atoms with E-state index in [4.69, 9.17) is 4.74 Å². The molecule has 0 unspecified atom stereocenters. The molecular weight excluding hydrogens is 358 g/mol. The fourth-order valence-corrected chi connectivity index (χ4v) is 3.70. The van der Waals surface area contributed by atoms with Crippen LogP contribution in [0.3, 0.4) is 0 Å². The zero-order valence-electron chi connectivity index (χ0n) is 16.3. The van der Waals surface area contributed by atoms with Crippen molar-refractivity contribution in [1.29, 1.82) is 0 Å². The summed E-state index contributed by atoms with van der Waals surface area (Å²) in [5, 5.41) is 2.86. The zero-order chi connectivity index (χ0) is 19.8. The number of anilines is 1. The van der Waals surface area contributed by atoms with Gasteiger partial charge in [0.25, 0.3) is 5.91 Å². The number of rotatable bonds is 4. The van der Waals surface area contributed by atoms with Crippen molar-refractivity contribution < 1.29 is 19.1 Å². The number of ether oxygens (including phenoxy) is 1. The Morgan fingerprint density at radius 2 is 1.54 bits per heavy atom. The normalized spacial score (nSPS) is 18.3. The predicted molar refractivity (Wildman–Crippen MR) is 106 cm³/mol. The molecule has 2 aliphatic rings. The van der Waals surface area contributed by atoms with Crippen molar-refractivity contribution in [1.82, 2.24) is 9.80 Å². The first kappa shape index (κ1) is 20.2. The van der Waals surface area contributed by atoms with Crippen LogP contribution in [0, 0.1) is 5.92 Å². The Morgan fingerprint density at radius 1 is 0.893 bits per heavy atom. The highest BCUT2D eigenvalue weighted by Gasteiger charge is 2.29. The first-order valence-corrected chi connectivity index (χ1v) is 10.2. The van der Waals surface area contributed by atoms with E-state index in [1.54, 1.807) is 9.80 Å². The van der Waals surface area contributed by atoms with Crippen LogP contribution >= 0.6 is 0 Å². The lowest BCUT2D eigenvalue weighted by Gasteiger charge is -2.31. The van der Waals surface area contributed by atoms with Crippen molar-refractivity contribution in [3.63, 3.8) is 0 Å². The van der Waals surface area contributed by atoms with Gasteiger partial charge in [-0.05, 0) is 37.8 Å². The number of carbonyl (C=O) groups is 3. The van der Waals surface area contributed by atoms with Gasteiger partial charge in [-0.15, -0.1) is 0 Å². The first-order valence-electron chi connectivity index (χ1n) is 10.2. The summed E-state index contributed by atoms with van der Waals surface area (Å²) in [6.45, 7) is 2.33. The van der Waals surface area contributed by atoms with Crippen LogP contribution in [-0.4, -0.2) is 60.5 Å². The van der Waals surface area contributed by atoms with Gasteiger partial charge in [0.15, 0.2) is 6.61 Å². The molecule has 3 amide bonds. The molecule has 1 aromatic carbocycles. The van der Waals surface area contributed by atoms with E-state index in [0.29, 0.717) is 25.9 Å². The monoisotopic (exact) mass is 387 g/mol. The van der Waals surface area contributed by atoms with Crippen molar-refractivity contribution in [2.24, 2.45) is 5.92 Å². The maximum Gasteiger partial charge on any atom is 0.321 e. The van der Waals surface area contributed by atoms with Gasteiger partial charge in [-0.2, -0.15) is 0 Å². The van der Waals surface area contributed by atoms with Crippen molar-refractivity contribution in [2.45, 2.75) is 38.5 Å². The summed E-state index contributed by atoms with van der Waals surface area (Å²) in [6, 6.07) is 9.14. The third kappa shape index (κ3) is 5.71. The fourth-order valence-electron chi connectivity index (χ4n) is 3.70. The second kappa shape index (κ2) is 10.1. The number of nitrogens with zero attached hydrogens (tertiary/aromatic N) is 2. The summed E-state index contributed by atoms with van der Waals surface area (Å²) in [7, 11) is 0. The average Bonchev–Trinajstić information content (AvgIpc) is 3.02. The SMILES string of the molecule is O=C(OCC(=O)N1CCCCCC1)C1CCN(C(=O)Nc2ccccc2)CC1. The molecule has 7 heteroatoms. The van der Waals surface area contributed by atoms with Gasteiger partial charge in [-0.3, -0.25) is 9.59 Å². The van der Waals surface area contributed by atoms with E-state index < -0.39 is 0 Å². The molecule has 0 aromatic heterocycles. The van der Waals surface area contributed by atoms with Gasteiger partial charge in [0.05, 0.1) is 5.92 Å². The minimum Gasteiger partial charge on any atom is -0.455 e. The van der Waals surface area contributed by atoms with Crippen LogP contribution in [-0.2, 0) is 14.3 Å². The number of carbonyl (C=O) groups excluding carboxylic acids is 3. The van der Waals surface area contributed by atoms with Crippen molar-refractivity contribution in [3.8, 4) is 0 Å². The summed E-state index contributed by atoms with van der Waals surface area (Å²) in [5.74, 6) is -0.682. The molecule has 0 atom stereocenters. The lowest BCUT2D eigenvalue weighted by Crippen LogP contribution is -2.43. The number of para-hydroxylation sites is 1. The minimum atomic E-state index is -0.328. The number of piperidine rings is 1. The number of urea groups is 1. The molecule has 0 saturated carbocycles. The van der Waals surface area contributed by atoms with Crippen LogP contribution in [0.2, 0.25) is 0 Å². The lowest BCUT2D eigenvalue weighted by molar-refractivity contribution is -0.156. The van der Waals surface area contributed by atoms with Gasteiger partial charge < -0.3 is 19.9 Å². The van der Waals surface area contributed by atoms with Gasteiger partial charge in [0.2, 0.25) is 0 Å². The largest absolute Gasteiger partial charge is 0.455 e. The van der Waals surface area contributed by atoms with Crippen molar-refractivity contribution in [3.05, 3.63) is 30.3 Å². The quantitative estimate of drug-likeness (QED) is 0.806. The highest BCUT2D eigenvalue weighted by Crippen LogP contribution is 2.20. The number of hydrogen-bond acceptors (Lipinski definition) is 4. The molecule has 0 radical (unpaired) electrons. The van der Waals surface area contributed by atoms with Gasteiger partial charge >= 0.3 is 12.0 Å². The number of esters is 1. The van der Waals surface area contributed by atoms with Crippen molar-refractivity contribution in [2.75, 3.05) is 38.1 Å². The number of nitrogens with one attached hydrogen (secondary N) is 1. The Bertz CT molecular complexity index is 663. The second-order valence-electron chi connectivity index (χ2n) is 7.46. The zero-order valence-corrected chi connectivity index (χ0v) is 16.3. The highest BCUT2D eigenvalue weighted by molar-refractivity contribution is 5.89. The van der Waals surface area contributed by atoms with Crippen LogP contribution in [0.4, 0.5) is 10.5 Å². The number of hydrogen-bond donors (Lipinski definition) is 1. The number of likely N-dealkylation sites (tertiary alicyclic amines) is 2. The topological polar surface area (TPSA) is 79.0 Å². The summed E-state index contributed by atoms with van der Waals surface area (Å²) in [5.41, 5.74) is 0.751. The third-order valence-corrected chi connectivity index (χ3v) is 5.44. The van der Waals surface area contributed by atoms with E-state index in [1.165, 1.54) is 0 Å². The van der Waals surface area contributed by atoms with Gasteiger partial charge in [-0.25, -0.2) is 4.79 Å². The van der Waals surface area contributed by atoms with Gasteiger partial charge in [0.1, 0.15) is 0 Å². The molecule has 1 N–H and O–H groups in total. The van der Waals surface area contributed by atoms with E-state index in [2.05, 4.69) is 5.32 Å². The van der Waals surface area contributed by atoms with Gasteiger partial charge in [-0.1, -0.05) is 31.0 Å². The Hall–Kier alpha value is -2.57. The van der Waals surface area contributed by atoms with E-state index in [9.17, 15) is 14.4 Å². The smallest absolute Gasteiger partial charge is 0.321 e. The molecular formula is C21H29N3O4. The van der Waals surface area contributed by atoms with E-state index >= 15 is 0 Å². The van der Waals surface area contributed by atoms with Gasteiger partial charge in [0, 0.05) is 31.9 Å². The van der Waals surface area contributed by atoms with E-state index in [1.807, 2.05) is 30.3 Å². The molecule has 28 heavy (non-hydrogen) atoms.